The number of aryl methyl sites for hydroxylation is 1. The van der Waals surface area contributed by atoms with E-state index in [1.807, 2.05) is 12.1 Å². The largest absolute Gasteiger partial charge is 0.416 e. The third kappa shape index (κ3) is 2.15. The van der Waals surface area contributed by atoms with Gasteiger partial charge in [-0.05, 0) is 36.8 Å². The molecule has 0 aliphatic heterocycles. The maximum atomic E-state index is 12.8. The zero-order valence-corrected chi connectivity index (χ0v) is 10.6. The normalized spacial score (nSPS) is 12.0. The van der Waals surface area contributed by atoms with Crippen LogP contribution in [0, 0.1) is 6.92 Å². The van der Waals surface area contributed by atoms with Crippen LogP contribution in [0.1, 0.15) is 11.3 Å². The van der Waals surface area contributed by atoms with Crippen LogP contribution >= 0.6 is 0 Å². The van der Waals surface area contributed by atoms with Crippen LogP contribution in [0.25, 0.3) is 22.2 Å². The lowest BCUT2D eigenvalue weighted by Crippen LogP contribution is -2.04. The standard InChI is InChI=1S/C15H11F3N2/c1-9-12(8-14-13(20-9)5-6-19-14)10-3-2-4-11(7-10)15(16,17)18/h2-8,19H,1H3. The highest BCUT2D eigenvalue weighted by molar-refractivity contribution is 5.82. The van der Waals surface area contributed by atoms with Crippen LogP contribution in [0.2, 0.25) is 0 Å². The summed E-state index contributed by atoms with van der Waals surface area (Å²) in [4.78, 5) is 7.41. The van der Waals surface area contributed by atoms with E-state index in [2.05, 4.69) is 9.97 Å². The van der Waals surface area contributed by atoms with Crippen LogP contribution < -0.4 is 0 Å². The van der Waals surface area contributed by atoms with Crippen LogP contribution in [0.3, 0.4) is 0 Å². The van der Waals surface area contributed by atoms with E-state index >= 15 is 0 Å². The van der Waals surface area contributed by atoms with Crippen LogP contribution in [-0.4, -0.2) is 9.97 Å². The average Bonchev–Trinajstić information content (AvgIpc) is 2.84. The minimum atomic E-state index is -4.34. The Hall–Kier alpha value is -2.30. The fraction of sp³-hybridized carbons (Fsp3) is 0.133. The summed E-state index contributed by atoms with van der Waals surface area (Å²) in [6.07, 6.45) is -2.58. The van der Waals surface area contributed by atoms with Crippen molar-refractivity contribution in [1.29, 1.82) is 0 Å². The summed E-state index contributed by atoms with van der Waals surface area (Å²) in [5, 5.41) is 0. The Morgan fingerprint density at radius 2 is 1.90 bits per heavy atom. The quantitative estimate of drug-likeness (QED) is 0.693. The maximum Gasteiger partial charge on any atom is 0.416 e. The third-order valence-electron chi connectivity index (χ3n) is 3.22. The van der Waals surface area contributed by atoms with Gasteiger partial charge in [-0.1, -0.05) is 12.1 Å². The van der Waals surface area contributed by atoms with Gasteiger partial charge in [-0.25, -0.2) is 0 Å². The zero-order chi connectivity index (χ0) is 14.3. The number of halogens is 3. The van der Waals surface area contributed by atoms with Gasteiger partial charge in [0.25, 0.3) is 0 Å². The number of benzene rings is 1. The lowest BCUT2D eigenvalue weighted by Gasteiger charge is -2.10. The molecule has 3 rings (SSSR count). The number of nitrogens with one attached hydrogen (secondary N) is 1. The lowest BCUT2D eigenvalue weighted by molar-refractivity contribution is -0.137. The van der Waals surface area contributed by atoms with Crippen molar-refractivity contribution in [2.45, 2.75) is 13.1 Å². The molecule has 1 aromatic carbocycles. The molecule has 2 aromatic heterocycles. The van der Waals surface area contributed by atoms with E-state index in [4.69, 9.17) is 0 Å². The van der Waals surface area contributed by atoms with Crippen molar-refractivity contribution in [3.63, 3.8) is 0 Å². The average molecular weight is 276 g/mol. The summed E-state index contributed by atoms with van der Waals surface area (Å²) in [5.74, 6) is 0. The van der Waals surface area contributed by atoms with Crippen LogP contribution in [0.15, 0.2) is 42.6 Å². The molecule has 0 atom stereocenters. The van der Waals surface area contributed by atoms with Crippen molar-refractivity contribution in [2.75, 3.05) is 0 Å². The second-order valence-corrected chi connectivity index (χ2v) is 4.61. The number of rotatable bonds is 1. The molecule has 3 aromatic rings. The van der Waals surface area contributed by atoms with E-state index in [0.29, 0.717) is 16.8 Å². The highest BCUT2D eigenvalue weighted by atomic mass is 19.4. The monoisotopic (exact) mass is 276 g/mol. The molecule has 0 radical (unpaired) electrons. The Morgan fingerprint density at radius 1 is 1.10 bits per heavy atom. The molecular weight excluding hydrogens is 265 g/mol. The van der Waals surface area contributed by atoms with Gasteiger partial charge in [0, 0.05) is 17.5 Å². The highest BCUT2D eigenvalue weighted by Crippen LogP contribution is 2.33. The van der Waals surface area contributed by atoms with Gasteiger partial charge < -0.3 is 4.98 Å². The van der Waals surface area contributed by atoms with Gasteiger partial charge in [0.15, 0.2) is 0 Å². The van der Waals surface area contributed by atoms with Gasteiger partial charge in [-0.2, -0.15) is 13.2 Å². The first-order chi connectivity index (χ1) is 9.45. The summed E-state index contributed by atoms with van der Waals surface area (Å²) in [7, 11) is 0. The van der Waals surface area contributed by atoms with Gasteiger partial charge in [0.2, 0.25) is 0 Å². The van der Waals surface area contributed by atoms with Crippen molar-refractivity contribution in [1.82, 2.24) is 9.97 Å². The molecule has 20 heavy (non-hydrogen) atoms. The predicted molar refractivity (Wildman–Crippen MR) is 71.3 cm³/mol. The summed E-state index contributed by atoms with van der Waals surface area (Å²) < 4.78 is 38.3. The van der Waals surface area contributed by atoms with E-state index in [-0.39, 0.29) is 0 Å². The Bertz CT molecular complexity index is 772. The van der Waals surface area contributed by atoms with E-state index in [1.54, 1.807) is 19.2 Å². The fourth-order valence-corrected chi connectivity index (χ4v) is 2.23. The number of hydrogen-bond acceptors (Lipinski definition) is 1. The number of fused-ring (bicyclic) bond motifs is 1. The molecule has 102 valence electrons. The molecule has 0 aliphatic carbocycles. The van der Waals surface area contributed by atoms with Crippen LogP contribution in [0.4, 0.5) is 13.2 Å². The second kappa shape index (κ2) is 4.37. The molecule has 0 bridgehead atoms. The first-order valence-corrected chi connectivity index (χ1v) is 6.07. The van der Waals surface area contributed by atoms with Crippen LogP contribution in [0.5, 0.6) is 0 Å². The number of nitrogens with zero attached hydrogens (tertiary/aromatic N) is 1. The molecule has 0 spiro atoms. The molecule has 0 fully saturated rings. The Kier molecular flexibility index (Phi) is 2.78. The highest BCUT2D eigenvalue weighted by Gasteiger charge is 2.30. The molecule has 2 nitrogen and oxygen atoms in total. The topological polar surface area (TPSA) is 28.7 Å². The number of hydrogen-bond donors (Lipinski definition) is 1. The predicted octanol–water partition coefficient (Wildman–Crippen LogP) is 4.56. The maximum absolute atomic E-state index is 12.8. The van der Waals surface area contributed by atoms with E-state index in [9.17, 15) is 13.2 Å². The molecular formula is C15H11F3N2. The van der Waals surface area contributed by atoms with E-state index in [1.165, 1.54) is 6.07 Å². The molecule has 0 amide bonds. The third-order valence-corrected chi connectivity index (χ3v) is 3.22. The van der Waals surface area contributed by atoms with Gasteiger partial charge in [0.05, 0.1) is 16.6 Å². The first-order valence-electron chi connectivity index (χ1n) is 6.07. The van der Waals surface area contributed by atoms with Crippen molar-refractivity contribution < 1.29 is 13.2 Å². The first kappa shape index (κ1) is 12.7. The summed E-state index contributed by atoms with van der Waals surface area (Å²) in [5.41, 5.74) is 2.88. The number of aromatic nitrogens is 2. The van der Waals surface area contributed by atoms with Crippen molar-refractivity contribution in [2.24, 2.45) is 0 Å². The molecule has 0 unspecified atom stereocenters. The molecule has 0 saturated carbocycles. The smallest absolute Gasteiger partial charge is 0.360 e. The van der Waals surface area contributed by atoms with Gasteiger partial charge in [0.1, 0.15) is 0 Å². The lowest BCUT2D eigenvalue weighted by atomic mass is 10.0. The van der Waals surface area contributed by atoms with E-state index < -0.39 is 11.7 Å². The van der Waals surface area contributed by atoms with Crippen molar-refractivity contribution in [3.05, 3.63) is 53.9 Å². The number of aromatic amines is 1. The Morgan fingerprint density at radius 3 is 2.65 bits per heavy atom. The minimum Gasteiger partial charge on any atom is -0.360 e. The van der Waals surface area contributed by atoms with E-state index in [0.717, 1.165) is 23.2 Å². The SMILES string of the molecule is Cc1nc2cc[nH]c2cc1-c1cccc(C(F)(F)F)c1. The number of H-pyrrole nitrogens is 1. The van der Waals surface area contributed by atoms with Gasteiger partial charge in [-0.15, -0.1) is 0 Å². The van der Waals surface area contributed by atoms with Crippen LogP contribution in [-0.2, 0) is 6.18 Å². The Labute approximate surface area is 113 Å². The minimum absolute atomic E-state index is 0.515. The van der Waals surface area contributed by atoms with Crippen molar-refractivity contribution in [3.8, 4) is 11.1 Å². The molecule has 0 saturated heterocycles. The number of pyridine rings is 1. The summed E-state index contributed by atoms with van der Waals surface area (Å²) in [6, 6.07) is 8.95. The molecule has 5 heteroatoms. The van der Waals surface area contributed by atoms with Crippen molar-refractivity contribution >= 4 is 11.0 Å². The molecule has 1 N–H and O–H groups in total. The molecule has 0 aliphatic rings. The summed E-state index contributed by atoms with van der Waals surface area (Å²) in [6.45, 7) is 1.79. The zero-order valence-electron chi connectivity index (χ0n) is 10.6. The second-order valence-electron chi connectivity index (χ2n) is 4.61. The Balaban J connectivity index is 2.17. The molecule has 2 heterocycles. The number of alkyl halides is 3. The van der Waals surface area contributed by atoms with Gasteiger partial charge >= 0.3 is 6.18 Å². The summed E-state index contributed by atoms with van der Waals surface area (Å²) >= 11 is 0. The van der Waals surface area contributed by atoms with Gasteiger partial charge in [-0.3, -0.25) is 4.98 Å². The fourth-order valence-electron chi connectivity index (χ4n) is 2.23.